The zero-order chi connectivity index (χ0) is 25.8. The number of halogens is 1. The molecule has 0 spiro atoms. The van der Waals surface area contributed by atoms with Gasteiger partial charge in [-0.1, -0.05) is 30.3 Å². The summed E-state index contributed by atoms with van der Waals surface area (Å²) in [5.74, 6) is -0.572. The first-order valence-electron chi connectivity index (χ1n) is 12.5. The smallest absolute Gasteiger partial charge is 0.255 e. The molecule has 0 radical (unpaired) electrons. The second-order valence-corrected chi connectivity index (χ2v) is 9.47. The van der Waals surface area contributed by atoms with Crippen LogP contribution in [0.2, 0.25) is 0 Å². The van der Waals surface area contributed by atoms with E-state index in [0.717, 1.165) is 49.2 Å². The van der Waals surface area contributed by atoms with Gasteiger partial charge in [0.2, 0.25) is 0 Å². The molecule has 3 aromatic carbocycles. The Labute approximate surface area is 228 Å². The first kappa shape index (κ1) is 27.1. The number of Topliss-reactive ketones (excluding diaryl/α,β-unsaturated/α-hetero) is 1. The van der Waals surface area contributed by atoms with E-state index < -0.39 is 0 Å². The summed E-state index contributed by atoms with van der Waals surface area (Å²) in [4.78, 5) is 35.2. The molecule has 196 valence electrons. The molecule has 8 heteroatoms. The molecule has 1 aliphatic heterocycles. The van der Waals surface area contributed by atoms with Crippen molar-refractivity contribution in [2.75, 3.05) is 43.4 Å². The maximum atomic E-state index is 13.1. The molecule has 4 aromatic rings. The lowest BCUT2D eigenvalue weighted by atomic mass is 10.0. The van der Waals surface area contributed by atoms with Gasteiger partial charge in [-0.25, -0.2) is 0 Å². The van der Waals surface area contributed by atoms with Crippen LogP contribution in [-0.4, -0.2) is 59.9 Å². The van der Waals surface area contributed by atoms with E-state index in [0.29, 0.717) is 16.7 Å². The molecule has 38 heavy (non-hydrogen) atoms. The highest BCUT2D eigenvalue weighted by atomic mass is 35.5. The van der Waals surface area contributed by atoms with E-state index in [1.54, 1.807) is 30.5 Å². The molecule has 0 aliphatic carbocycles. The normalized spacial score (nSPS) is 14.0. The summed E-state index contributed by atoms with van der Waals surface area (Å²) in [7, 11) is 2.14. The highest BCUT2D eigenvalue weighted by Crippen LogP contribution is 2.29. The monoisotopic (exact) mass is 530 g/mol. The number of aromatic hydroxyl groups is 1. The average Bonchev–Trinajstić information content (AvgIpc) is 3.14. The number of rotatable bonds is 6. The summed E-state index contributed by atoms with van der Waals surface area (Å²) >= 11 is 0. The third-order valence-electron chi connectivity index (χ3n) is 6.84. The number of carbonyl (C=O) groups is 2. The summed E-state index contributed by atoms with van der Waals surface area (Å²) < 4.78 is 0. The van der Waals surface area contributed by atoms with Gasteiger partial charge < -0.3 is 20.2 Å². The zero-order valence-corrected chi connectivity index (χ0v) is 22.1. The number of carbonyl (C=O) groups excluding carboxylic acids is 2. The molecule has 0 bridgehead atoms. The van der Waals surface area contributed by atoms with Gasteiger partial charge in [0.15, 0.2) is 5.78 Å². The lowest BCUT2D eigenvalue weighted by Crippen LogP contribution is -2.28. The number of nitrogens with zero attached hydrogens (tertiary/aromatic N) is 3. The second-order valence-electron chi connectivity index (χ2n) is 9.47. The fourth-order valence-corrected chi connectivity index (χ4v) is 4.69. The average molecular weight is 531 g/mol. The number of nitrogens with one attached hydrogen (secondary N) is 1. The van der Waals surface area contributed by atoms with Gasteiger partial charge in [0.25, 0.3) is 5.91 Å². The molecule has 1 amide bonds. The summed E-state index contributed by atoms with van der Waals surface area (Å²) in [6.45, 7) is 4.02. The fourth-order valence-electron chi connectivity index (χ4n) is 4.69. The van der Waals surface area contributed by atoms with E-state index in [4.69, 9.17) is 0 Å². The first-order chi connectivity index (χ1) is 18.0. The van der Waals surface area contributed by atoms with Gasteiger partial charge in [-0.3, -0.25) is 14.6 Å². The predicted molar refractivity (Wildman–Crippen MR) is 154 cm³/mol. The van der Waals surface area contributed by atoms with Gasteiger partial charge in [0.1, 0.15) is 5.75 Å². The number of benzene rings is 3. The Kier molecular flexibility index (Phi) is 8.61. The van der Waals surface area contributed by atoms with Crippen LogP contribution in [0.5, 0.6) is 5.75 Å². The maximum Gasteiger partial charge on any atom is 0.255 e. The van der Waals surface area contributed by atoms with E-state index >= 15 is 0 Å². The Bertz CT molecular complexity index is 1440. The molecule has 1 saturated heterocycles. The van der Waals surface area contributed by atoms with Gasteiger partial charge >= 0.3 is 0 Å². The molecule has 2 N–H and O–H groups in total. The van der Waals surface area contributed by atoms with E-state index in [2.05, 4.69) is 27.1 Å². The molecule has 2 heterocycles. The van der Waals surface area contributed by atoms with Crippen LogP contribution in [0.4, 0.5) is 11.4 Å². The lowest BCUT2D eigenvalue weighted by Gasteiger charge is -2.23. The zero-order valence-electron chi connectivity index (χ0n) is 21.3. The van der Waals surface area contributed by atoms with Crippen molar-refractivity contribution in [2.24, 2.45) is 0 Å². The van der Waals surface area contributed by atoms with Crippen molar-refractivity contribution in [1.82, 2.24) is 9.88 Å². The summed E-state index contributed by atoms with van der Waals surface area (Å²) in [5.41, 5.74) is 3.65. The van der Waals surface area contributed by atoms with Crippen LogP contribution in [0.15, 0.2) is 79.0 Å². The number of para-hydroxylation sites is 2. The summed E-state index contributed by atoms with van der Waals surface area (Å²) in [6.07, 6.45) is 2.69. The highest BCUT2D eigenvalue weighted by Gasteiger charge is 2.18. The topological polar surface area (TPSA) is 85.8 Å². The number of anilines is 2. The quantitative estimate of drug-likeness (QED) is 0.264. The van der Waals surface area contributed by atoms with E-state index in [1.165, 1.54) is 6.07 Å². The van der Waals surface area contributed by atoms with Crippen molar-refractivity contribution in [2.45, 2.75) is 12.8 Å². The second kappa shape index (κ2) is 12.1. The van der Waals surface area contributed by atoms with Crippen LogP contribution in [-0.2, 0) is 6.42 Å². The summed E-state index contributed by atoms with van der Waals surface area (Å²) in [6, 6.07) is 21.8. The van der Waals surface area contributed by atoms with Gasteiger partial charge in [-0.05, 0) is 68.0 Å². The minimum atomic E-state index is -0.343. The van der Waals surface area contributed by atoms with E-state index in [1.807, 2.05) is 42.5 Å². The molecule has 5 rings (SSSR count). The minimum absolute atomic E-state index is 0. The van der Waals surface area contributed by atoms with Crippen LogP contribution in [0.3, 0.4) is 0 Å². The number of phenols is 1. The Hall–Kier alpha value is -3.94. The van der Waals surface area contributed by atoms with Crippen LogP contribution < -0.4 is 10.2 Å². The number of hydrogen-bond donors (Lipinski definition) is 2. The number of ketones is 1. The lowest BCUT2D eigenvalue weighted by molar-refractivity contribution is 0.0988. The largest absolute Gasteiger partial charge is 0.506 e. The Morgan fingerprint density at radius 1 is 0.921 bits per heavy atom. The molecule has 1 aliphatic rings. The number of amides is 1. The van der Waals surface area contributed by atoms with Crippen LogP contribution in [0, 0.1) is 0 Å². The molecular formula is C30H31ClN4O3. The molecule has 7 nitrogen and oxygen atoms in total. The SMILES string of the molecule is CN1CCCN(c2ccc(C(=O)Nc3c(O)cccc3CC(=O)c3cnc4ccccc4c3)cc2)CC1.Cl. The van der Waals surface area contributed by atoms with Crippen LogP contribution in [0.1, 0.15) is 32.7 Å². The number of pyridine rings is 1. The van der Waals surface area contributed by atoms with Crippen LogP contribution in [0.25, 0.3) is 10.9 Å². The highest BCUT2D eigenvalue weighted by molar-refractivity contribution is 6.07. The number of hydrogen-bond acceptors (Lipinski definition) is 6. The number of phenolic OH excluding ortho intramolecular Hbond substituents is 1. The Morgan fingerprint density at radius 2 is 1.71 bits per heavy atom. The van der Waals surface area contributed by atoms with Crippen molar-refractivity contribution >= 4 is 46.4 Å². The molecule has 1 fully saturated rings. The number of aromatic nitrogens is 1. The summed E-state index contributed by atoms with van der Waals surface area (Å²) in [5, 5.41) is 14.2. The molecular weight excluding hydrogens is 500 g/mol. The van der Waals surface area contributed by atoms with Gasteiger partial charge in [-0.2, -0.15) is 0 Å². The molecule has 0 atom stereocenters. The van der Waals surface area contributed by atoms with Crippen molar-refractivity contribution in [3.8, 4) is 5.75 Å². The van der Waals surface area contributed by atoms with Gasteiger partial charge in [0.05, 0.1) is 11.2 Å². The number of fused-ring (bicyclic) bond motifs is 1. The first-order valence-corrected chi connectivity index (χ1v) is 12.5. The standard InChI is InChI=1S/C30H30N4O3.ClH/c1-33-14-5-15-34(17-16-33)25-12-10-21(11-13-25)30(37)32-29-23(7-4-9-27(29)35)19-28(36)24-18-22-6-2-3-8-26(22)31-20-24;/h2-4,6-13,18,20,35H,5,14-17,19H2,1H3,(H,32,37);1H. The van der Waals surface area contributed by atoms with Crippen molar-refractivity contribution in [1.29, 1.82) is 0 Å². The molecule has 1 aromatic heterocycles. The number of likely N-dealkylation sites (N-methyl/N-ethyl adjacent to an activating group) is 1. The predicted octanol–water partition coefficient (Wildman–Crippen LogP) is 5.18. The Balaban J connectivity index is 0.00000336. The molecule has 0 unspecified atom stereocenters. The van der Waals surface area contributed by atoms with Crippen molar-refractivity contribution < 1.29 is 14.7 Å². The van der Waals surface area contributed by atoms with E-state index in [9.17, 15) is 14.7 Å². The van der Waals surface area contributed by atoms with Gasteiger partial charge in [0, 0.05) is 54.5 Å². The van der Waals surface area contributed by atoms with E-state index in [-0.39, 0.29) is 42.0 Å². The van der Waals surface area contributed by atoms with Crippen molar-refractivity contribution in [3.05, 3.63) is 95.7 Å². The Morgan fingerprint density at radius 3 is 2.53 bits per heavy atom. The maximum absolute atomic E-state index is 13.1. The minimum Gasteiger partial charge on any atom is -0.506 e. The van der Waals surface area contributed by atoms with Crippen LogP contribution >= 0.6 is 12.4 Å². The van der Waals surface area contributed by atoms with Gasteiger partial charge in [-0.15, -0.1) is 12.4 Å². The fraction of sp³-hybridized carbons (Fsp3) is 0.233. The third-order valence-corrected chi connectivity index (χ3v) is 6.84. The third kappa shape index (κ3) is 6.13. The molecule has 0 saturated carbocycles. The van der Waals surface area contributed by atoms with Crippen molar-refractivity contribution in [3.63, 3.8) is 0 Å².